The highest BCUT2D eigenvalue weighted by Gasteiger charge is 2.05. The fourth-order valence-electron chi connectivity index (χ4n) is 2.08. The summed E-state index contributed by atoms with van der Waals surface area (Å²) in [6.07, 6.45) is 0. The first kappa shape index (κ1) is 14.6. The number of hydrogen-bond donors (Lipinski definition) is 2. The maximum Gasteiger partial charge on any atom is 0.251 e. The molecule has 0 saturated carbocycles. The molecular weight excluding hydrogens is 262 g/mol. The lowest BCUT2D eigenvalue weighted by Gasteiger charge is -2.10. The Balaban J connectivity index is 2.09. The van der Waals surface area contributed by atoms with Crippen molar-refractivity contribution in [1.29, 1.82) is 5.26 Å². The summed E-state index contributed by atoms with van der Waals surface area (Å²) in [5, 5.41) is 15.0. The van der Waals surface area contributed by atoms with E-state index in [0.717, 1.165) is 16.8 Å². The van der Waals surface area contributed by atoms with Gasteiger partial charge in [-0.1, -0.05) is 24.3 Å². The molecule has 0 bridgehead atoms. The molecule has 0 unspecified atom stereocenters. The average molecular weight is 279 g/mol. The van der Waals surface area contributed by atoms with Crippen LogP contribution in [0.3, 0.4) is 0 Å². The van der Waals surface area contributed by atoms with E-state index in [-0.39, 0.29) is 5.91 Å². The molecule has 106 valence electrons. The quantitative estimate of drug-likeness (QED) is 0.904. The van der Waals surface area contributed by atoms with Gasteiger partial charge in [0.1, 0.15) is 6.07 Å². The molecule has 2 N–H and O–H groups in total. The summed E-state index contributed by atoms with van der Waals surface area (Å²) in [5.74, 6) is -0.0973. The van der Waals surface area contributed by atoms with Crippen molar-refractivity contribution in [3.63, 3.8) is 0 Å². The largest absolute Gasteiger partial charge is 0.380 e. The highest BCUT2D eigenvalue weighted by molar-refractivity contribution is 5.93. The number of hydrogen-bond acceptors (Lipinski definition) is 3. The minimum absolute atomic E-state index is 0.0973. The molecule has 0 aliphatic heterocycles. The summed E-state index contributed by atoms with van der Waals surface area (Å²) in [7, 11) is 1.61. The molecule has 0 aliphatic rings. The van der Waals surface area contributed by atoms with Gasteiger partial charge in [-0.3, -0.25) is 4.79 Å². The fraction of sp³-hybridized carbons (Fsp3) is 0.176. The molecule has 0 saturated heterocycles. The number of carbonyl (C=O) groups is 1. The summed E-state index contributed by atoms with van der Waals surface area (Å²) in [6, 6.07) is 15.3. The topological polar surface area (TPSA) is 64.9 Å². The Morgan fingerprint density at radius 3 is 2.52 bits per heavy atom. The first-order valence-corrected chi connectivity index (χ1v) is 6.70. The zero-order valence-electron chi connectivity index (χ0n) is 12.1. The lowest BCUT2D eigenvalue weighted by molar-refractivity contribution is 0.0963. The smallest absolute Gasteiger partial charge is 0.251 e. The van der Waals surface area contributed by atoms with Gasteiger partial charge in [-0.25, -0.2) is 0 Å². The highest BCUT2D eigenvalue weighted by atomic mass is 16.1. The molecule has 0 spiro atoms. The first-order chi connectivity index (χ1) is 10.2. The number of carbonyl (C=O) groups excluding carboxylic acids is 1. The van der Waals surface area contributed by atoms with Crippen molar-refractivity contribution in [3.8, 4) is 6.07 Å². The fourth-order valence-corrected chi connectivity index (χ4v) is 2.08. The van der Waals surface area contributed by atoms with Crippen molar-refractivity contribution >= 4 is 11.6 Å². The maximum atomic E-state index is 11.5. The predicted octanol–water partition coefficient (Wildman–Crippen LogP) is 2.84. The van der Waals surface area contributed by atoms with Crippen LogP contribution in [-0.4, -0.2) is 13.0 Å². The molecule has 0 atom stereocenters. The van der Waals surface area contributed by atoms with Gasteiger partial charge < -0.3 is 10.6 Å². The van der Waals surface area contributed by atoms with Crippen LogP contribution in [-0.2, 0) is 6.54 Å². The monoisotopic (exact) mass is 279 g/mol. The van der Waals surface area contributed by atoms with Gasteiger partial charge in [0.15, 0.2) is 0 Å². The molecule has 21 heavy (non-hydrogen) atoms. The number of rotatable bonds is 4. The summed E-state index contributed by atoms with van der Waals surface area (Å²) >= 11 is 0. The Morgan fingerprint density at radius 1 is 1.19 bits per heavy atom. The highest BCUT2D eigenvalue weighted by Crippen LogP contribution is 2.19. The molecule has 0 radical (unpaired) electrons. The lowest BCUT2D eigenvalue weighted by Crippen LogP contribution is -2.17. The second-order valence-electron chi connectivity index (χ2n) is 4.74. The van der Waals surface area contributed by atoms with E-state index in [4.69, 9.17) is 0 Å². The molecule has 0 heterocycles. The number of amides is 1. The van der Waals surface area contributed by atoms with Gasteiger partial charge in [-0.2, -0.15) is 5.26 Å². The van der Waals surface area contributed by atoms with Crippen LogP contribution in [0.4, 0.5) is 5.69 Å². The number of anilines is 1. The van der Waals surface area contributed by atoms with Gasteiger partial charge in [0, 0.05) is 19.2 Å². The normalized spacial score (nSPS) is 9.76. The van der Waals surface area contributed by atoms with Crippen molar-refractivity contribution in [2.45, 2.75) is 13.5 Å². The van der Waals surface area contributed by atoms with E-state index >= 15 is 0 Å². The van der Waals surface area contributed by atoms with Crippen LogP contribution in [0.5, 0.6) is 0 Å². The molecule has 0 fully saturated rings. The molecule has 4 nitrogen and oxygen atoms in total. The minimum atomic E-state index is -0.0973. The molecular formula is C17H17N3O. The minimum Gasteiger partial charge on any atom is -0.380 e. The molecule has 2 aromatic carbocycles. The van der Waals surface area contributed by atoms with E-state index in [2.05, 4.69) is 16.7 Å². The molecule has 0 aromatic heterocycles. The van der Waals surface area contributed by atoms with Crippen LogP contribution in [0.25, 0.3) is 0 Å². The predicted molar refractivity (Wildman–Crippen MR) is 83.1 cm³/mol. The Kier molecular flexibility index (Phi) is 4.57. The van der Waals surface area contributed by atoms with E-state index in [1.165, 1.54) is 0 Å². The third kappa shape index (κ3) is 3.40. The Morgan fingerprint density at radius 2 is 1.90 bits per heavy atom. The van der Waals surface area contributed by atoms with Gasteiger partial charge in [0.2, 0.25) is 0 Å². The van der Waals surface area contributed by atoms with Crippen LogP contribution >= 0.6 is 0 Å². The number of nitriles is 1. The summed E-state index contributed by atoms with van der Waals surface area (Å²) < 4.78 is 0. The van der Waals surface area contributed by atoms with E-state index < -0.39 is 0 Å². The van der Waals surface area contributed by atoms with Crippen LogP contribution in [0.1, 0.15) is 27.0 Å². The SMILES string of the molecule is CNC(=O)c1ccc(CNc2cccc(C)c2C#N)cc1. The van der Waals surface area contributed by atoms with Gasteiger partial charge in [0.05, 0.1) is 11.3 Å². The standard InChI is InChI=1S/C17H17N3O/c1-12-4-3-5-16(15(12)10-18)20-11-13-6-8-14(9-7-13)17(21)19-2/h3-9,20H,11H2,1-2H3,(H,19,21). The first-order valence-electron chi connectivity index (χ1n) is 6.70. The average Bonchev–Trinajstić information content (AvgIpc) is 2.52. The number of nitrogens with one attached hydrogen (secondary N) is 2. The van der Waals surface area contributed by atoms with Gasteiger partial charge in [-0.05, 0) is 36.2 Å². The molecule has 2 aromatic rings. The van der Waals surface area contributed by atoms with E-state index in [1.807, 2.05) is 37.3 Å². The summed E-state index contributed by atoms with van der Waals surface area (Å²) in [6.45, 7) is 2.52. The second-order valence-corrected chi connectivity index (χ2v) is 4.74. The Labute approximate surface area is 124 Å². The number of benzene rings is 2. The second kappa shape index (κ2) is 6.58. The molecule has 1 amide bonds. The van der Waals surface area contributed by atoms with E-state index in [9.17, 15) is 10.1 Å². The van der Waals surface area contributed by atoms with Crippen molar-refractivity contribution in [3.05, 3.63) is 64.7 Å². The molecule has 0 aliphatic carbocycles. The van der Waals surface area contributed by atoms with Crippen molar-refractivity contribution < 1.29 is 4.79 Å². The summed E-state index contributed by atoms with van der Waals surface area (Å²) in [4.78, 5) is 11.5. The number of nitrogens with zero attached hydrogens (tertiary/aromatic N) is 1. The summed E-state index contributed by atoms with van der Waals surface area (Å²) in [5.41, 5.74) is 4.13. The van der Waals surface area contributed by atoms with Crippen LogP contribution in [0, 0.1) is 18.3 Å². The number of aryl methyl sites for hydroxylation is 1. The maximum absolute atomic E-state index is 11.5. The third-order valence-corrected chi connectivity index (χ3v) is 3.31. The van der Waals surface area contributed by atoms with Gasteiger partial charge >= 0.3 is 0 Å². The zero-order chi connectivity index (χ0) is 15.2. The van der Waals surface area contributed by atoms with E-state index in [1.54, 1.807) is 19.2 Å². The van der Waals surface area contributed by atoms with Crippen molar-refractivity contribution in [2.75, 3.05) is 12.4 Å². The Bertz CT molecular complexity index is 684. The van der Waals surface area contributed by atoms with Gasteiger partial charge in [0.25, 0.3) is 5.91 Å². The lowest BCUT2D eigenvalue weighted by atomic mass is 10.1. The zero-order valence-corrected chi connectivity index (χ0v) is 12.1. The molecule has 4 heteroatoms. The van der Waals surface area contributed by atoms with Crippen molar-refractivity contribution in [2.24, 2.45) is 0 Å². The van der Waals surface area contributed by atoms with Crippen LogP contribution in [0.15, 0.2) is 42.5 Å². The van der Waals surface area contributed by atoms with Gasteiger partial charge in [-0.15, -0.1) is 0 Å². The van der Waals surface area contributed by atoms with Crippen LogP contribution < -0.4 is 10.6 Å². The van der Waals surface area contributed by atoms with Crippen molar-refractivity contribution in [1.82, 2.24) is 5.32 Å². The van der Waals surface area contributed by atoms with Crippen LogP contribution in [0.2, 0.25) is 0 Å². The van der Waals surface area contributed by atoms with E-state index in [0.29, 0.717) is 17.7 Å². The Hall–Kier alpha value is -2.80. The molecule has 2 rings (SSSR count). The third-order valence-electron chi connectivity index (χ3n) is 3.31.